The van der Waals surface area contributed by atoms with Crippen molar-refractivity contribution in [2.24, 2.45) is 0 Å². The van der Waals surface area contributed by atoms with Crippen molar-refractivity contribution in [2.45, 2.75) is 70.9 Å². The number of hydrogen-bond acceptors (Lipinski definition) is 3. The molecule has 4 nitrogen and oxygen atoms in total. The van der Waals surface area contributed by atoms with Crippen LogP contribution in [0.4, 0.5) is 4.79 Å². The monoisotopic (exact) mass is 294 g/mol. The molecule has 0 aromatic carbocycles. The number of likely N-dealkylation sites (tertiary alicyclic amines) is 1. The molecule has 0 aromatic rings. The Labute approximate surface area is 129 Å². The van der Waals surface area contributed by atoms with Crippen LogP contribution in [0.3, 0.4) is 0 Å². The molecule has 1 fully saturated rings. The van der Waals surface area contributed by atoms with Gasteiger partial charge < -0.3 is 15.0 Å². The predicted octanol–water partition coefficient (Wildman–Crippen LogP) is 3.17. The lowest BCUT2D eigenvalue weighted by atomic mass is 10.1. The average molecular weight is 294 g/mol. The van der Waals surface area contributed by atoms with Gasteiger partial charge in [0.25, 0.3) is 0 Å². The van der Waals surface area contributed by atoms with Crippen LogP contribution >= 0.6 is 0 Å². The number of carbonyl (C=O) groups excluding carboxylic acids is 1. The normalized spacial score (nSPS) is 19.7. The Morgan fingerprint density at radius 3 is 2.76 bits per heavy atom. The van der Waals surface area contributed by atoms with Gasteiger partial charge in [-0.3, -0.25) is 0 Å². The minimum absolute atomic E-state index is 0.183. The Morgan fingerprint density at radius 2 is 2.10 bits per heavy atom. The highest BCUT2D eigenvalue weighted by atomic mass is 16.6. The van der Waals surface area contributed by atoms with Crippen LogP contribution in [0.15, 0.2) is 0 Å². The fourth-order valence-corrected chi connectivity index (χ4v) is 2.47. The summed E-state index contributed by atoms with van der Waals surface area (Å²) in [5.41, 5.74) is -0.419. The van der Waals surface area contributed by atoms with Crippen molar-refractivity contribution in [1.29, 1.82) is 0 Å². The first-order chi connectivity index (χ1) is 9.92. The molecule has 1 aliphatic rings. The molecule has 120 valence electrons. The maximum atomic E-state index is 12.1. The van der Waals surface area contributed by atoms with Crippen LogP contribution in [0.1, 0.15) is 59.3 Å². The van der Waals surface area contributed by atoms with E-state index in [9.17, 15) is 4.79 Å². The van der Waals surface area contributed by atoms with E-state index >= 15 is 0 Å². The standard InChI is InChI=1S/C17H30N2O2/c1-5-6-7-8-12-18-15-10-9-13-19(14-11-15)16(20)21-17(2,3)4/h1,15,18H,6-14H2,2-4H3. The van der Waals surface area contributed by atoms with Crippen LogP contribution in [-0.2, 0) is 4.74 Å². The zero-order valence-electron chi connectivity index (χ0n) is 13.8. The molecule has 1 aliphatic heterocycles. The highest BCUT2D eigenvalue weighted by molar-refractivity contribution is 5.68. The molecule has 0 aromatic heterocycles. The van der Waals surface area contributed by atoms with Gasteiger partial charge in [-0.2, -0.15) is 0 Å². The lowest BCUT2D eigenvalue weighted by molar-refractivity contribution is 0.0256. The number of amides is 1. The minimum Gasteiger partial charge on any atom is -0.444 e. The van der Waals surface area contributed by atoms with Gasteiger partial charge >= 0.3 is 6.09 Å². The molecular weight excluding hydrogens is 264 g/mol. The number of terminal acetylenes is 1. The summed E-state index contributed by atoms with van der Waals surface area (Å²) in [6, 6.07) is 0.503. The quantitative estimate of drug-likeness (QED) is 0.625. The molecule has 1 unspecified atom stereocenters. The van der Waals surface area contributed by atoms with Crippen LogP contribution in [0.2, 0.25) is 0 Å². The molecule has 1 saturated heterocycles. The largest absolute Gasteiger partial charge is 0.444 e. The molecule has 0 bridgehead atoms. The highest BCUT2D eigenvalue weighted by Gasteiger charge is 2.24. The second-order valence-electron chi connectivity index (χ2n) is 6.71. The molecule has 1 amide bonds. The van der Waals surface area contributed by atoms with Crippen molar-refractivity contribution >= 4 is 6.09 Å². The number of nitrogens with zero attached hydrogens (tertiary/aromatic N) is 1. The van der Waals surface area contributed by atoms with Crippen LogP contribution in [-0.4, -0.2) is 42.3 Å². The molecule has 0 aliphatic carbocycles. The summed E-state index contributed by atoms with van der Waals surface area (Å²) in [5.74, 6) is 2.67. The topological polar surface area (TPSA) is 41.6 Å². The van der Waals surface area contributed by atoms with Crippen LogP contribution in [0.25, 0.3) is 0 Å². The number of hydrogen-bond donors (Lipinski definition) is 1. The van der Waals surface area contributed by atoms with Gasteiger partial charge in [-0.25, -0.2) is 4.79 Å². The summed E-state index contributed by atoms with van der Waals surface area (Å²) in [6.45, 7) is 8.30. The first-order valence-corrected chi connectivity index (χ1v) is 8.07. The molecular formula is C17H30N2O2. The molecule has 0 spiro atoms. The lowest BCUT2D eigenvalue weighted by Crippen LogP contribution is -2.38. The maximum Gasteiger partial charge on any atom is 0.410 e. The van der Waals surface area contributed by atoms with E-state index in [1.807, 2.05) is 25.7 Å². The Morgan fingerprint density at radius 1 is 1.33 bits per heavy atom. The van der Waals surface area contributed by atoms with E-state index < -0.39 is 5.60 Å². The number of rotatable bonds is 5. The molecule has 1 heterocycles. The van der Waals surface area contributed by atoms with Crippen molar-refractivity contribution in [3.8, 4) is 12.3 Å². The third-order valence-electron chi connectivity index (χ3n) is 3.56. The zero-order chi connectivity index (χ0) is 15.7. The molecule has 21 heavy (non-hydrogen) atoms. The summed E-state index contributed by atoms with van der Waals surface area (Å²) in [5, 5.41) is 3.58. The van der Waals surface area contributed by atoms with E-state index in [1.54, 1.807) is 0 Å². The van der Waals surface area contributed by atoms with Gasteiger partial charge in [0, 0.05) is 25.6 Å². The van der Waals surface area contributed by atoms with Crippen molar-refractivity contribution < 1.29 is 9.53 Å². The van der Waals surface area contributed by atoms with Crippen LogP contribution in [0.5, 0.6) is 0 Å². The van der Waals surface area contributed by atoms with Crippen molar-refractivity contribution in [3.63, 3.8) is 0 Å². The molecule has 1 atom stereocenters. The van der Waals surface area contributed by atoms with E-state index in [4.69, 9.17) is 11.2 Å². The SMILES string of the molecule is C#CCCCCNC1CCCN(C(=O)OC(C)(C)C)CC1. The third-order valence-corrected chi connectivity index (χ3v) is 3.56. The molecule has 0 saturated carbocycles. The fourth-order valence-electron chi connectivity index (χ4n) is 2.47. The fraction of sp³-hybridized carbons (Fsp3) is 0.824. The lowest BCUT2D eigenvalue weighted by Gasteiger charge is -2.26. The summed E-state index contributed by atoms with van der Waals surface area (Å²) in [6.07, 6.45) is 11.3. The molecule has 0 radical (unpaired) electrons. The number of carbonyl (C=O) groups is 1. The van der Waals surface area contributed by atoms with Gasteiger partial charge in [-0.15, -0.1) is 12.3 Å². The van der Waals surface area contributed by atoms with E-state index in [0.717, 1.165) is 58.2 Å². The number of nitrogens with one attached hydrogen (secondary N) is 1. The number of ether oxygens (including phenoxy) is 1. The minimum atomic E-state index is -0.419. The Balaban J connectivity index is 2.27. The van der Waals surface area contributed by atoms with Gasteiger partial charge in [-0.05, 0) is 59.4 Å². The first kappa shape index (κ1) is 17.8. The van der Waals surface area contributed by atoms with Crippen molar-refractivity contribution in [2.75, 3.05) is 19.6 Å². The summed E-state index contributed by atoms with van der Waals surface area (Å²) in [7, 11) is 0. The van der Waals surface area contributed by atoms with Crippen LogP contribution < -0.4 is 5.32 Å². The van der Waals surface area contributed by atoms with E-state index in [0.29, 0.717) is 6.04 Å². The van der Waals surface area contributed by atoms with Gasteiger partial charge in [-0.1, -0.05) is 0 Å². The van der Waals surface area contributed by atoms with Crippen molar-refractivity contribution in [1.82, 2.24) is 10.2 Å². The molecule has 4 heteroatoms. The van der Waals surface area contributed by atoms with Gasteiger partial charge in [0.15, 0.2) is 0 Å². The van der Waals surface area contributed by atoms with Gasteiger partial charge in [0.2, 0.25) is 0 Å². The van der Waals surface area contributed by atoms with E-state index in [-0.39, 0.29) is 6.09 Å². The third kappa shape index (κ3) is 7.96. The molecule has 1 rings (SSSR count). The zero-order valence-corrected chi connectivity index (χ0v) is 13.8. The second kappa shape index (κ2) is 8.94. The second-order valence-corrected chi connectivity index (χ2v) is 6.71. The van der Waals surface area contributed by atoms with Gasteiger partial charge in [0.1, 0.15) is 5.60 Å². The maximum absolute atomic E-state index is 12.1. The smallest absolute Gasteiger partial charge is 0.410 e. The number of unbranched alkanes of at least 4 members (excludes halogenated alkanes) is 2. The van der Waals surface area contributed by atoms with E-state index in [1.165, 1.54) is 0 Å². The Bertz CT molecular complexity index is 355. The van der Waals surface area contributed by atoms with Crippen LogP contribution in [0, 0.1) is 12.3 Å². The van der Waals surface area contributed by atoms with Gasteiger partial charge in [0.05, 0.1) is 0 Å². The summed E-state index contributed by atoms with van der Waals surface area (Å²) >= 11 is 0. The predicted molar refractivity (Wildman–Crippen MR) is 86.1 cm³/mol. The van der Waals surface area contributed by atoms with E-state index in [2.05, 4.69) is 11.2 Å². The Kier molecular flexibility index (Phi) is 7.60. The first-order valence-electron chi connectivity index (χ1n) is 8.07. The Hall–Kier alpha value is -1.21. The molecule has 1 N–H and O–H groups in total. The highest BCUT2D eigenvalue weighted by Crippen LogP contribution is 2.15. The van der Waals surface area contributed by atoms with Crippen molar-refractivity contribution in [3.05, 3.63) is 0 Å². The summed E-state index contributed by atoms with van der Waals surface area (Å²) in [4.78, 5) is 13.9. The average Bonchev–Trinajstić information content (AvgIpc) is 2.62. The summed E-state index contributed by atoms with van der Waals surface area (Å²) < 4.78 is 5.44.